The van der Waals surface area contributed by atoms with Crippen LogP contribution in [-0.4, -0.2) is 25.6 Å². The Morgan fingerprint density at radius 1 is 1.30 bits per heavy atom. The van der Waals surface area contributed by atoms with Crippen LogP contribution < -0.4 is 10.6 Å². The molecule has 3 nitrogen and oxygen atoms in total. The Morgan fingerprint density at radius 2 is 2.15 bits per heavy atom. The van der Waals surface area contributed by atoms with Gasteiger partial charge in [-0.1, -0.05) is 31.2 Å². The van der Waals surface area contributed by atoms with Gasteiger partial charge in [0.05, 0.1) is 0 Å². The van der Waals surface area contributed by atoms with Crippen molar-refractivity contribution >= 4 is 29.9 Å². The lowest BCUT2D eigenvalue weighted by Crippen LogP contribution is -2.47. The van der Waals surface area contributed by atoms with Crippen molar-refractivity contribution in [1.29, 1.82) is 0 Å². The van der Waals surface area contributed by atoms with Crippen molar-refractivity contribution in [3.63, 3.8) is 0 Å². The third-order valence-corrected chi connectivity index (χ3v) is 4.39. The fourth-order valence-electron chi connectivity index (χ4n) is 3.24. The molecule has 4 heteroatoms. The first-order chi connectivity index (χ1) is 9.28. The normalized spacial score (nSPS) is 24.8. The molecule has 0 bridgehead atoms. The summed E-state index contributed by atoms with van der Waals surface area (Å²) in [4.78, 5) is 4.50. The van der Waals surface area contributed by atoms with Gasteiger partial charge in [-0.15, -0.1) is 24.0 Å². The highest BCUT2D eigenvalue weighted by Crippen LogP contribution is 2.36. The number of aliphatic imine (C=N–C) groups is 1. The number of rotatable bonds is 2. The van der Waals surface area contributed by atoms with Crippen LogP contribution in [0.1, 0.15) is 37.3 Å². The molecule has 0 aromatic heterocycles. The van der Waals surface area contributed by atoms with Crippen LogP contribution in [0.25, 0.3) is 0 Å². The van der Waals surface area contributed by atoms with E-state index in [0.29, 0.717) is 0 Å². The molecule has 0 radical (unpaired) electrons. The molecular formula is C16H24IN3. The number of benzene rings is 1. The van der Waals surface area contributed by atoms with E-state index in [-0.39, 0.29) is 29.4 Å². The molecule has 1 atom stereocenters. The summed E-state index contributed by atoms with van der Waals surface area (Å²) >= 11 is 0. The van der Waals surface area contributed by atoms with Crippen LogP contribution >= 0.6 is 24.0 Å². The van der Waals surface area contributed by atoms with E-state index in [1.807, 2.05) is 0 Å². The summed E-state index contributed by atoms with van der Waals surface area (Å²) in [5.41, 5.74) is 3.28. The van der Waals surface area contributed by atoms with E-state index in [0.717, 1.165) is 32.0 Å². The zero-order valence-corrected chi connectivity index (χ0v) is 14.4. The predicted molar refractivity (Wildman–Crippen MR) is 95.1 cm³/mol. The molecule has 0 amide bonds. The van der Waals surface area contributed by atoms with Crippen LogP contribution in [0.15, 0.2) is 29.3 Å². The molecule has 3 rings (SSSR count). The summed E-state index contributed by atoms with van der Waals surface area (Å²) in [5.74, 6) is 0.982. The van der Waals surface area contributed by atoms with E-state index in [4.69, 9.17) is 0 Å². The Morgan fingerprint density at radius 3 is 2.95 bits per heavy atom. The average Bonchev–Trinajstić information content (AvgIpc) is 2.47. The molecule has 1 heterocycles. The second kappa shape index (κ2) is 6.78. The van der Waals surface area contributed by atoms with Crippen molar-refractivity contribution in [3.8, 4) is 0 Å². The van der Waals surface area contributed by atoms with Gasteiger partial charge in [-0.05, 0) is 36.8 Å². The third-order valence-electron chi connectivity index (χ3n) is 4.39. The van der Waals surface area contributed by atoms with Gasteiger partial charge in [0.15, 0.2) is 5.96 Å². The van der Waals surface area contributed by atoms with Crippen molar-refractivity contribution in [1.82, 2.24) is 10.6 Å². The van der Waals surface area contributed by atoms with Gasteiger partial charge in [0, 0.05) is 25.0 Å². The minimum absolute atomic E-state index is 0. The minimum Gasteiger partial charge on any atom is -0.356 e. The van der Waals surface area contributed by atoms with Gasteiger partial charge in [0.2, 0.25) is 0 Å². The molecule has 0 saturated heterocycles. The highest BCUT2D eigenvalue weighted by Gasteiger charge is 2.31. The highest BCUT2D eigenvalue weighted by atomic mass is 127. The molecular weight excluding hydrogens is 361 g/mol. The third kappa shape index (κ3) is 3.27. The fraction of sp³-hybridized carbons (Fsp3) is 0.562. The molecule has 0 fully saturated rings. The van der Waals surface area contributed by atoms with Crippen LogP contribution in [0.5, 0.6) is 0 Å². The molecule has 0 saturated carbocycles. The number of hydrogen-bond acceptors (Lipinski definition) is 3. The Kier molecular flexibility index (Phi) is 5.29. The van der Waals surface area contributed by atoms with Gasteiger partial charge in [0.25, 0.3) is 0 Å². The summed E-state index contributed by atoms with van der Waals surface area (Å²) < 4.78 is 0. The van der Waals surface area contributed by atoms with Crippen LogP contribution in [0, 0.1) is 0 Å². The molecule has 1 aromatic carbocycles. The lowest BCUT2D eigenvalue weighted by Gasteiger charge is -2.36. The van der Waals surface area contributed by atoms with Crippen molar-refractivity contribution in [3.05, 3.63) is 35.4 Å². The van der Waals surface area contributed by atoms with E-state index in [1.54, 1.807) is 0 Å². The molecule has 1 aliphatic carbocycles. The lowest BCUT2D eigenvalue weighted by molar-refractivity contribution is 0.388. The highest BCUT2D eigenvalue weighted by molar-refractivity contribution is 14.0. The summed E-state index contributed by atoms with van der Waals surface area (Å²) in [6.45, 7) is 5.33. The number of nitrogens with zero attached hydrogens (tertiary/aromatic N) is 1. The summed E-state index contributed by atoms with van der Waals surface area (Å²) in [5, 5.41) is 6.85. The molecule has 2 aliphatic rings. The maximum Gasteiger partial charge on any atom is 0.191 e. The zero-order chi connectivity index (χ0) is 13.1. The smallest absolute Gasteiger partial charge is 0.191 e. The summed E-state index contributed by atoms with van der Waals surface area (Å²) in [6, 6.07) is 8.90. The van der Waals surface area contributed by atoms with E-state index < -0.39 is 0 Å². The molecule has 0 spiro atoms. The number of nitrogens with one attached hydrogen (secondary N) is 2. The first-order valence-corrected chi connectivity index (χ1v) is 7.38. The second-order valence-electron chi connectivity index (χ2n) is 5.94. The molecule has 20 heavy (non-hydrogen) atoms. The summed E-state index contributed by atoms with van der Waals surface area (Å²) in [7, 11) is 0. The second-order valence-corrected chi connectivity index (χ2v) is 5.94. The van der Waals surface area contributed by atoms with Crippen LogP contribution in [0.4, 0.5) is 0 Å². The largest absolute Gasteiger partial charge is 0.356 e. The zero-order valence-electron chi connectivity index (χ0n) is 12.1. The van der Waals surface area contributed by atoms with E-state index in [9.17, 15) is 0 Å². The van der Waals surface area contributed by atoms with E-state index in [1.165, 1.54) is 30.4 Å². The quantitative estimate of drug-likeness (QED) is 0.769. The Hall–Kier alpha value is -0.780. The van der Waals surface area contributed by atoms with Crippen LogP contribution in [0.2, 0.25) is 0 Å². The molecule has 110 valence electrons. The summed E-state index contributed by atoms with van der Waals surface area (Å²) in [6.07, 6.45) is 4.91. The monoisotopic (exact) mass is 385 g/mol. The van der Waals surface area contributed by atoms with Gasteiger partial charge in [-0.3, -0.25) is 4.99 Å². The van der Waals surface area contributed by atoms with Gasteiger partial charge in [-0.25, -0.2) is 0 Å². The van der Waals surface area contributed by atoms with Gasteiger partial charge in [0.1, 0.15) is 0 Å². The van der Waals surface area contributed by atoms with Gasteiger partial charge >= 0.3 is 0 Å². The average molecular weight is 385 g/mol. The van der Waals surface area contributed by atoms with Crippen molar-refractivity contribution in [2.45, 2.75) is 38.0 Å². The SMILES string of the molecule is CC1(CNC2=NCCCN2)CCCc2ccccc21.I. The maximum atomic E-state index is 4.50. The van der Waals surface area contributed by atoms with Crippen molar-refractivity contribution < 1.29 is 0 Å². The number of fused-ring (bicyclic) bond motifs is 1. The standard InChI is InChI=1S/C16H23N3.HI/c1-16(12-19-15-17-10-5-11-18-15)9-4-7-13-6-2-3-8-14(13)16;/h2-3,6,8H,4-5,7,9-12H2,1H3,(H2,17,18,19);1H. The maximum absolute atomic E-state index is 4.50. The number of halogens is 1. The molecule has 1 unspecified atom stereocenters. The number of hydrogen-bond donors (Lipinski definition) is 2. The lowest BCUT2D eigenvalue weighted by atomic mass is 9.71. The van der Waals surface area contributed by atoms with E-state index in [2.05, 4.69) is 46.8 Å². The first-order valence-electron chi connectivity index (χ1n) is 7.38. The first kappa shape index (κ1) is 15.6. The molecule has 2 N–H and O–H groups in total. The van der Waals surface area contributed by atoms with Crippen LogP contribution in [0.3, 0.4) is 0 Å². The van der Waals surface area contributed by atoms with E-state index >= 15 is 0 Å². The van der Waals surface area contributed by atoms with Gasteiger partial charge < -0.3 is 10.6 Å². The molecule has 1 aromatic rings. The topological polar surface area (TPSA) is 36.4 Å². The Labute approximate surface area is 138 Å². The minimum atomic E-state index is 0. The van der Waals surface area contributed by atoms with Crippen LogP contribution in [-0.2, 0) is 11.8 Å². The van der Waals surface area contributed by atoms with Crippen molar-refractivity contribution in [2.75, 3.05) is 19.6 Å². The van der Waals surface area contributed by atoms with Gasteiger partial charge in [-0.2, -0.15) is 0 Å². The predicted octanol–water partition coefficient (Wildman–Crippen LogP) is 2.84. The number of aryl methyl sites for hydroxylation is 1. The number of guanidine groups is 1. The fourth-order valence-corrected chi connectivity index (χ4v) is 3.24. The Balaban J connectivity index is 0.00000147. The van der Waals surface area contributed by atoms with Crippen molar-refractivity contribution in [2.24, 2.45) is 4.99 Å². The Bertz CT molecular complexity index is 486. The molecule has 1 aliphatic heterocycles.